The van der Waals surface area contributed by atoms with Crippen molar-refractivity contribution < 1.29 is 14.3 Å². The molecule has 0 bridgehead atoms. The molecule has 1 aromatic heterocycles. The zero-order valence-electron chi connectivity index (χ0n) is 16.0. The summed E-state index contributed by atoms with van der Waals surface area (Å²) in [7, 11) is 3.16. The molecule has 144 valence electrons. The van der Waals surface area contributed by atoms with Crippen LogP contribution in [0.15, 0.2) is 54.9 Å². The smallest absolute Gasteiger partial charge is 0.274 e. The minimum atomic E-state index is -0.309. The molecule has 0 aliphatic carbocycles. The normalized spacial score (nSPS) is 10.2. The summed E-state index contributed by atoms with van der Waals surface area (Å²) < 4.78 is 10.6. The second kappa shape index (κ2) is 8.85. The number of hydrogen-bond donors (Lipinski definition) is 2. The van der Waals surface area contributed by atoms with Gasteiger partial charge in [0.15, 0.2) is 0 Å². The van der Waals surface area contributed by atoms with Crippen molar-refractivity contribution >= 4 is 23.1 Å². The Morgan fingerprint density at radius 1 is 1.00 bits per heavy atom. The van der Waals surface area contributed by atoms with Gasteiger partial charge in [-0.3, -0.25) is 4.79 Å². The highest BCUT2D eigenvalue weighted by Crippen LogP contribution is 2.31. The number of hydrogen-bond acceptors (Lipinski definition) is 6. The number of aryl methyl sites for hydroxylation is 1. The lowest BCUT2D eigenvalue weighted by Gasteiger charge is -2.12. The SMILES string of the molecule is CCc1ccc(NC(=O)c2cc(Nc3ccc(OC)cc3OC)ncn2)cc1. The van der Waals surface area contributed by atoms with E-state index >= 15 is 0 Å². The lowest BCUT2D eigenvalue weighted by atomic mass is 10.1. The van der Waals surface area contributed by atoms with Gasteiger partial charge in [0.2, 0.25) is 0 Å². The summed E-state index contributed by atoms with van der Waals surface area (Å²) in [5.74, 6) is 1.44. The number of benzene rings is 2. The first-order chi connectivity index (χ1) is 13.6. The second-order valence-corrected chi connectivity index (χ2v) is 5.98. The molecule has 0 spiro atoms. The van der Waals surface area contributed by atoms with E-state index in [4.69, 9.17) is 9.47 Å². The Labute approximate surface area is 163 Å². The van der Waals surface area contributed by atoms with E-state index in [0.717, 1.165) is 6.42 Å². The van der Waals surface area contributed by atoms with Crippen molar-refractivity contribution in [2.24, 2.45) is 0 Å². The Morgan fingerprint density at radius 2 is 1.79 bits per heavy atom. The Morgan fingerprint density at radius 3 is 2.46 bits per heavy atom. The van der Waals surface area contributed by atoms with Gasteiger partial charge in [0.05, 0.1) is 19.9 Å². The van der Waals surface area contributed by atoms with Crippen molar-refractivity contribution in [1.29, 1.82) is 0 Å². The Hall–Kier alpha value is -3.61. The van der Waals surface area contributed by atoms with Crippen LogP contribution in [0.5, 0.6) is 11.5 Å². The van der Waals surface area contributed by atoms with Crippen molar-refractivity contribution in [3.8, 4) is 11.5 Å². The van der Waals surface area contributed by atoms with Crippen LogP contribution in [0, 0.1) is 0 Å². The fourth-order valence-corrected chi connectivity index (χ4v) is 2.61. The topological polar surface area (TPSA) is 85.4 Å². The van der Waals surface area contributed by atoms with Crippen molar-refractivity contribution in [3.05, 3.63) is 66.1 Å². The van der Waals surface area contributed by atoms with E-state index < -0.39 is 0 Å². The number of methoxy groups -OCH3 is 2. The third-order valence-corrected chi connectivity index (χ3v) is 4.19. The molecule has 2 N–H and O–H groups in total. The minimum absolute atomic E-state index is 0.254. The van der Waals surface area contributed by atoms with Crippen molar-refractivity contribution in [2.45, 2.75) is 13.3 Å². The summed E-state index contributed by atoms with van der Waals surface area (Å²) >= 11 is 0. The number of ether oxygens (including phenoxy) is 2. The van der Waals surface area contributed by atoms with Gasteiger partial charge >= 0.3 is 0 Å². The van der Waals surface area contributed by atoms with Gasteiger partial charge < -0.3 is 20.1 Å². The van der Waals surface area contributed by atoms with Crippen LogP contribution in [0.25, 0.3) is 0 Å². The largest absolute Gasteiger partial charge is 0.497 e. The van der Waals surface area contributed by atoms with Gasteiger partial charge in [-0.15, -0.1) is 0 Å². The monoisotopic (exact) mass is 378 g/mol. The Bertz CT molecular complexity index is 958. The summed E-state index contributed by atoms with van der Waals surface area (Å²) in [5.41, 5.74) is 2.88. The van der Waals surface area contributed by atoms with E-state index in [0.29, 0.717) is 28.7 Å². The molecule has 0 aliphatic rings. The molecule has 0 radical (unpaired) electrons. The van der Waals surface area contributed by atoms with Crippen LogP contribution in [0.1, 0.15) is 23.0 Å². The predicted molar refractivity (Wildman–Crippen MR) is 109 cm³/mol. The number of nitrogens with one attached hydrogen (secondary N) is 2. The summed E-state index contributed by atoms with van der Waals surface area (Å²) in [5, 5.41) is 5.98. The van der Waals surface area contributed by atoms with Crippen LogP contribution in [0.4, 0.5) is 17.2 Å². The maximum atomic E-state index is 12.5. The highest BCUT2D eigenvalue weighted by atomic mass is 16.5. The van der Waals surface area contributed by atoms with Gasteiger partial charge in [-0.2, -0.15) is 0 Å². The maximum Gasteiger partial charge on any atom is 0.274 e. The molecule has 0 saturated carbocycles. The molecule has 7 heteroatoms. The first-order valence-corrected chi connectivity index (χ1v) is 8.84. The van der Waals surface area contributed by atoms with E-state index in [2.05, 4.69) is 27.5 Å². The van der Waals surface area contributed by atoms with Crippen molar-refractivity contribution in [2.75, 3.05) is 24.9 Å². The number of carbonyl (C=O) groups excluding carboxylic acids is 1. The van der Waals surface area contributed by atoms with Gasteiger partial charge in [0.25, 0.3) is 5.91 Å². The first-order valence-electron chi connectivity index (χ1n) is 8.84. The van der Waals surface area contributed by atoms with Crippen LogP contribution < -0.4 is 20.1 Å². The zero-order valence-corrected chi connectivity index (χ0v) is 16.0. The minimum Gasteiger partial charge on any atom is -0.497 e. The highest BCUT2D eigenvalue weighted by molar-refractivity contribution is 6.03. The van der Waals surface area contributed by atoms with Gasteiger partial charge in [-0.25, -0.2) is 9.97 Å². The maximum absolute atomic E-state index is 12.5. The van der Waals surface area contributed by atoms with Gasteiger partial charge in [0, 0.05) is 17.8 Å². The predicted octanol–water partition coefficient (Wildman–Crippen LogP) is 4.05. The number of anilines is 3. The first kappa shape index (κ1) is 19.2. The molecule has 28 heavy (non-hydrogen) atoms. The van der Waals surface area contributed by atoms with Crippen LogP contribution in [0.2, 0.25) is 0 Å². The fourth-order valence-electron chi connectivity index (χ4n) is 2.61. The van der Waals surface area contributed by atoms with Crippen molar-refractivity contribution in [3.63, 3.8) is 0 Å². The summed E-state index contributed by atoms with van der Waals surface area (Å²) in [6.07, 6.45) is 2.29. The number of nitrogens with zero attached hydrogens (tertiary/aromatic N) is 2. The molecule has 0 saturated heterocycles. The number of aromatic nitrogens is 2. The molecule has 0 unspecified atom stereocenters. The third kappa shape index (κ3) is 4.56. The van der Waals surface area contributed by atoms with Gasteiger partial charge in [-0.1, -0.05) is 19.1 Å². The van der Waals surface area contributed by atoms with E-state index in [1.807, 2.05) is 30.3 Å². The molecule has 1 heterocycles. The van der Waals surface area contributed by atoms with E-state index in [-0.39, 0.29) is 11.6 Å². The molecule has 1 amide bonds. The lowest BCUT2D eigenvalue weighted by Crippen LogP contribution is -2.14. The van der Waals surface area contributed by atoms with Crippen LogP contribution in [0.3, 0.4) is 0 Å². The van der Waals surface area contributed by atoms with E-state index in [1.54, 1.807) is 32.4 Å². The zero-order chi connectivity index (χ0) is 19.9. The van der Waals surface area contributed by atoms with Crippen LogP contribution in [-0.2, 0) is 6.42 Å². The Kier molecular flexibility index (Phi) is 6.06. The average Bonchev–Trinajstić information content (AvgIpc) is 2.74. The van der Waals surface area contributed by atoms with Gasteiger partial charge in [-0.05, 0) is 36.2 Å². The highest BCUT2D eigenvalue weighted by Gasteiger charge is 2.11. The summed E-state index contributed by atoms with van der Waals surface area (Å²) in [4.78, 5) is 20.8. The van der Waals surface area contributed by atoms with Crippen molar-refractivity contribution in [1.82, 2.24) is 9.97 Å². The van der Waals surface area contributed by atoms with Crippen LogP contribution >= 0.6 is 0 Å². The summed E-state index contributed by atoms with van der Waals surface area (Å²) in [6, 6.07) is 14.7. The molecule has 0 aliphatic heterocycles. The second-order valence-electron chi connectivity index (χ2n) is 5.98. The summed E-state index contributed by atoms with van der Waals surface area (Å²) in [6.45, 7) is 2.08. The van der Waals surface area contributed by atoms with E-state index in [9.17, 15) is 4.79 Å². The number of amides is 1. The standard InChI is InChI=1S/C21H22N4O3/c1-4-14-5-7-15(8-6-14)24-21(26)18-12-20(23-13-22-18)25-17-10-9-16(27-2)11-19(17)28-3/h5-13H,4H2,1-3H3,(H,24,26)(H,22,23,25). The third-order valence-electron chi connectivity index (χ3n) is 4.19. The van der Waals surface area contributed by atoms with Crippen LogP contribution in [-0.4, -0.2) is 30.1 Å². The molecule has 0 atom stereocenters. The molecule has 2 aromatic carbocycles. The molecular weight excluding hydrogens is 356 g/mol. The van der Waals surface area contributed by atoms with E-state index in [1.165, 1.54) is 11.9 Å². The molecule has 7 nitrogen and oxygen atoms in total. The number of carbonyl (C=O) groups is 1. The lowest BCUT2D eigenvalue weighted by molar-refractivity contribution is 0.102. The fraction of sp³-hybridized carbons (Fsp3) is 0.190. The Balaban J connectivity index is 1.75. The quantitative estimate of drug-likeness (QED) is 0.645. The molecule has 3 aromatic rings. The molecule has 3 rings (SSSR count). The molecular formula is C21H22N4O3. The van der Waals surface area contributed by atoms with Gasteiger partial charge in [0.1, 0.15) is 29.3 Å². The average molecular weight is 378 g/mol. The molecule has 0 fully saturated rings. The number of rotatable bonds is 7.